The Kier molecular flexibility index (Phi) is 36.7. The molecule has 0 saturated heterocycles. The van der Waals surface area contributed by atoms with E-state index in [1.165, 1.54) is 70.6 Å². The zero-order valence-electron chi connectivity index (χ0n) is 33.3. The monoisotopic (exact) mass is 770 g/mol. The van der Waals surface area contributed by atoms with E-state index < -0.39 is 45.1 Å². The summed E-state index contributed by atoms with van der Waals surface area (Å²) in [5, 5.41) is 8.86. The normalized spacial score (nSPS) is 14.5. The number of phosphoric ester groups is 1. The smallest absolute Gasteiger partial charge is 0.472 e. The summed E-state index contributed by atoms with van der Waals surface area (Å²) in [6, 6.07) is -1.47. The molecule has 4 N–H and O–H groups in total. The van der Waals surface area contributed by atoms with Crippen LogP contribution in [-0.2, 0) is 32.7 Å². The molecule has 0 aliphatic heterocycles. The van der Waals surface area contributed by atoms with Gasteiger partial charge in [-0.2, -0.15) is 0 Å². The number of rotatable bonds is 39. The standard InChI is InChI=1S/C42H76NO9P/c1-3-5-7-9-11-13-14-15-16-17-18-19-20-21-22-23-24-25-26-27-28-30-32-34-41(44)52-39(36-49-35-33-31-29-12-10-8-6-4-2)37-50-53(47,48)51-38-40(43)42(45)46/h5,7,11,13,15-16,18-19,39-40H,3-4,6,8-10,12,14,17,20-38,43H2,1-2H3,(H,45,46)(H,47,48)/b7-5-,13-11-,16-15-,19-18-. The zero-order valence-corrected chi connectivity index (χ0v) is 34.2. The number of carboxylic acids is 1. The van der Waals surface area contributed by atoms with Gasteiger partial charge in [0.2, 0.25) is 0 Å². The third kappa shape index (κ3) is 38.0. The molecule has 0 fully saturated rings. The van der Waals surface area contributed by atoms with Crippen molar-refractivity contribution >= 4 is 19.8 Å². The van der Waals surface area contributed by atoms with Gasteiger partial charge in [0.15, 0.2) is 0 Å². The van der Waals surface area contributed by atoms with Crippen LogP contribution in [0.5, 0.6) is 0 Å². The second kappa shape index (κ2) is 38.2. The van der Waals surface area contributed by atoms with Gasteiger partial charge in [-0.15, -0.1) is 0 Å². The number of allylic oxidation sites excluding steroid dienone is 8. The van der Waals surface area contributed by atoms with Gasteiger partial charge in [-0.05, 0) is 51.4 Å². The molecular formula is C42H76NO9P. The molecule has 0 saturated carbocycles. The molecular weight excluding hydrogens is 693 g/mol. The molecule has 0 aromatic rings. The highest BCUT2D eigenvalue weighted by Gasteiger charge is 2.27. The van der Waals surface area contributed by atoms with Gasteiger partial charge in [-0.3, -0.25) is 18.6 Å². The van der Waals surface area contributed by atoms with Gasteiger partial charge >= 0.3 is 19.8 Å². The Morgan fingerprint density at radius 2 is 1.09 bits per heavy atom. The fourth-order valence-electron chi connectivity index (χ4n) is 5.42. The molecule has 3 unspecified atom stereocenters. The van der Waals surface area contributed by atoms with E-state index in [-0.39, 0.29) is 13.0 Å². The lowest BCUT2D eigenvalue weighted by Gasteiger charge is -2.20. The van der Waals surface area contributed by atoms with Crippen LogP contribution in [0.15, 0.2) is 48.6 Å². The number of carbonyl (C=O) groups is 2. The Labute approximate surface area is 322 Å². The topological polar surface area (TPSA) is 155 Å². The molecule has 0 aromatic carbocycles. The van der Waals surface area contributed by atoms with Gasteiger partial charge < -0.3 is 25.2 Å². The number of ether oxygens (including phenoxy) is 2. The van der Waals surface area contributed by atoms with Crippen LogP contribution in [0.4, 0.5) is 0 Å². The maximum atomic E-state index is 12.6. The molecule has 308 valence electrons. The number of nitrogens with two attached hydrogens (primary N) is 1. The van der Waals surface area contributed by atoms with Crippen molar-refractivity contribution in [2.24, 2.45) is 5.73 Å². The van der Waals surface area contributed by atoms with E-state index >= 15 is 0 Å². The summed E-state index contributed by atoms with van der Waals surface area (Å²) in [5.41, 5.74) is 5.33. The lowest BCUT2D eigenvalue weighted by Crippen LogP contribution is -2.34. The van der Waals surface area contributed by atoms with Crippen LogP contribution in [0.25, 0.3) is 0 Å². The van der Waals surface area contributed by atoms with Gasteiger partial charge in [0, 0.05) is 13.0 Å². The molecule has 0 aromatic heterocycles. The van der Waals surface area contributed by atoms with Crippen molar-refractivity contribution in [2.75, 3.05) is 26.4 Å². The molecule has 0 amide bonds. The summed E-state index contributed by atoms with van der Waals surface area (Å²) < 4.78 is 33.2. The van der Waals surface area contributed by atoms with E-state index in [1.54, 1.807) is 0 Å². The maximum absolute atomic E-state index is 12.6. The second-order valence-corrected chi connectivity index (χ2v) is 15.2. The lowest BCUT2D eigenvalue weighted by atomic mass is 10.0. The Morgan fingerprint density at radius 3 is 1.64 bits per heavy atom. The molecule has 0 rings (SSSR count). The predicted molar refractivity (Wildman–Crippen MR) is 217 cm³/mol. The molecule has 0 spiro atoms. The summed E-state index contributed by atoms with van der Waals surface area (Å²) in [4.78, 5) is 33.4. The molecule has 0 bridgehead atoms. The number of hydrogen-bond donors (Lipinski definition) is 3. The number of carboxylic acid groups (broad SMARTS) is 1. The largest absolute Gasteiger partial charge is 0.480 e. The van der Waals surface area contributed by atoms with E-state index in [4.69, 9.17) is 24.8 Å². The first kappa shape index (κ1) is 50.9. The van der Waals surface area contributed by atoms with Crippen molar-refractivity contribution < 1.29 is 42.7 Å². The first-order chi connectivity index (χ1) is 25.7. The minimum absolute atomic E-state index is 0.0152. The fourth-order valence-corrected chi connectivity index (χ4v) is 6.20. The van der Waals surface area contributed by atoms with Crippen LogP contribution in [0, 0.1) is 0 Å². The Morgan fingerprint density at radius 1 is 0.623 bits per heavy atom. The first-order valence-corrected chi connectivity index (χ1v) is 22.2. The molecule has 3 atom stereocenters. The van der Waals surface area contributed by atoms with Crippen molar-refractivity contribution in [2.45, 2.75) is 180 Å². The predicted octanol–water partition coefficient (Wildman–Crippen LogP) is 11.1. The Balaban J connectivity index is 4.12. The first-order valence-electron chi connectivity index (χ1n) is 20.7. The minimum atomic E-state index is -4.61. The quantitative estimate of drug-likeness (QED) is 0.0238. The number of aliphatic carboxylic acids is 1. The molecule has 53 heavy (non-hydrogen) atoms. The van der Waals surface area contributed by atoms with Gasteiger partial charge in [0.05, 0.1) is 19.8 Å². The highest BCUT2D eigenvalue weighted by molar-refractivity contribution is 7.47. The van der Waals surface area contributed by atoms with Crippen LogP contribution in [0.3, 0.4) is 0 Å². The van der Waals surface area contributed by atoms with Crippen LogP contribution in [-0.4, -0.2) is 60.5 Å². The van der Waals surface area contributed by atoms with Gasteiger partial charge in [0.1, 0.15) is 12.1 Å². The third-order valence-corrected chi connectivity index (χ3v) is 9.57. The van der Waals surface area contributed by atoms with Crippen molar-refractivity contribution in [3.8, 4) is 0 Å². The number of esters is 1. The summed E-state index contributed by atoms with van der Waals surface area (Å²) >= 11 is 0. The molecule has 0 aliphatic carbocycles. The third-order valence-electron chi connectivity index (χ3n) is 8.62. The summed E-state index contributed by atoms with van der Waals surface area (Å²) in [5.74, 6) is -1.79. The molecule has 11 heteroatoms. The van der Waals surface area contributed by atoms with Crippen LogP contribution < -0.4 is 5.73 Å². The molecule has 0 aliphatic rings. The SMILES string of the molecule is CC/C=C\C/C=C\C/C=C\C/C=C\CCCCCCCCCCCCC(=O)OC(COCCCCCCCCCC)COP(=O)(O)OCC(N)C(=O)O. The Bertz CT molecular complexity index is 1030. The number of phosphoric acid groups is 1. The molecule has 0 heterocycles. The van der Waals surface area contributed by atoms with E-state index in [0.29, 0.717) is 13.0 Å². The highest BCUT2D eigenvalue weighted by Crippen LogP contribution is 2.43. The average Bonchev–Trinajstić information content (AvgIpc) is 3.13. The number of unbranched alkanes of at least 4 members (excludes halogenated alkanes) is 17. The van der Waals surface area contributed by atoms with Gasteiger partial charge in [-0.1, -0.05) is 159 Å². The molecule has 0 radical (unpaired) electrons. The summed E-state index contributed by atoms with van der Waals surface area (Å²) in [7, 11) is -4.61. The van der Waals surface area contributed by atoms with Crippen molar-refractivity contribution in [3.63, 3.8) is 0 Å². The van der Waals surface area contributed by atoms with Gasteiger partial charge in [0.25, 0.3) is 0 Å². The lowest BCUT2D eigenvalue weighted by molar-refractivity contribution is -0.154. The minimum Gasteiger partial charge on any atom is -0.480 e. The van der Waals surface area contributed by atoms with Crippen molar-refractivity contribution in [3.05, 3.63) is 48.6 Å². The average molecular weight is 770 g/mol. The zero-order chi connectivity index (χ0) is 39.1. The van der Waals surface area contributed by atoms with Gasteiger partial charge in [-0.25, -0.2) is 4.57 Å². The van der Waals surface area contributed by atoms with E-state index in [2.05, 4.69) is 67.0 Å². The number of hydrogen-bond acceptors (Lipinski definition) is 8. The van der Waals surface area contributed by atoms with Crippen LogP contribution in [0.1, 0.15) is 168 Å². The van der Waals surface area contributed by atoms with Crippen molar-refractivity contribution in [1.82, 2.24) is 0 Å². The number of carbonyl (C=O) groups excluding carboxylic acids is 1. The van der Waals surface area contributed by atoms with Crippen molar-refractivity contribution in [1.29, 1.82) is 0 Å². The van der Waals surface area contributed by atoms with E-state index in [1.807, 2.05) is 0 Å². The highest BCUT2D eigenvalue weighted by atomic mass is 31.2. The maximum Gasteiger partial charge on any atom is 0.472 e. The fraction of sp³-hybridized carbons (Fsp3) is 0.762. The Hall–Kier alpha value is -2.07. The van der Waals surface area contributed by atoms with Crippen LogP contribution >= 0.6 is 7.82 Å². The van der Waals surface area contributed by atoms with E-state index in [9.17, 15) is 19.0 Å². The summed E-state index contributed by atoms with van der Waals surface area (Å²) in [6.07, 6.45) is 43.2. The van der Waals surface area contributed by atoms with Crippen LogP contribution in [0.2, 0.25) is 0 Å². The molecule has 10 nitrogen and oxygen atoms in total. The summed E-state index contributed by atoms with van der Waals surface area (Å²) in [6.45, 7) is 3.73. The second-order valence-electron chi connectivity index (χ2n) is 13.7. The van der Waals surface area contributed by atoms with E-state index in [0.717, 1.165) is 70.6 Å².